The zero-order valence-electron chi connectivity index (χ0n) is 10.5. The van der Waals surface area contributed by atoms with Crippen molar-refractivity contribution in [3.63, 3.8) is 0 Å². The van der Waals surface area contributed by atoms with Crippen molar-refractivity contribution in [2.45, 2.75) is 38.1 Å². The van der Waals surface area contributed by atoms with E-state index in [1.165, 1.54) is 32.1 Å². The van der Waals surface area contributed by atoms with Gasteiger partial charge in [0.15, 0.2) is 0 Å². The van der Waals surface area contributed by atoms with E-state index in [-0.39, 0.29) is 20.3 Å². The van der Waals surface area contributed by atoms with E-state index >= 15 is 0 Å². The zero-order valence-corrected chi connectivity index (χ0v) is 12.2. The monoisotopic (exact) mass is 311 g/mol. The van der Waals surface area contributed by atoms with Crippen molar-refractivity contribution in [2.24, 2.45) is 0 Å². The van der Waals surface area contributed by atoms with Gasteiger partial charge in [0.25, 0.3) is 0 Å². The molecule has 1 aromatic heterocycles. The minimum absolute atomic E-state index is 0.0982. The Balaban J connectivity index is 2.13. The maximum absolute atomic E-state index is 12.5. The van der Waals surface area contributed by atoms with Gasteiger partial charge in [-0.2, -0.15) is 0 Å². The SMILES string of the molecule is COc1cccc2c(=O)n(C3CCCCC3)[se]c12. The standard InChI is InChI=1S/C14H17NO2Se/c1-17-12-9-5-8-11-13(12)18-15(14(11)16)10-6-3-2-4-7-10/h5,8-10H,2-4,6-7H2,1H3. The topological polar surface area (TPSA) is 31.2 Å². The summed E-state index contributed by atoms with van der Waals surface area (Å²) in [7, 11) is 1.68. The number of ether oxygens (including phenoxy) is 1. The van der Waals surface area contributed by atoms with Gasteiger partial charge in [-0.15, -0.1) is 0 Å². The average molecular weight is 310 g/mol. The third-order valence-corrected chi connectivity index (χ3v) is 6.38. The van der Waals surface area contributed by atoms with Crippen molar-refractivity contribution in [3.05, 3.63) is 28.6 Å². The predicted molar refractivity (Wildman–Crippen MR) is 73.8 cm³/mol. The Bertz CT molecular complexity index is 608. The number of hydrogen-bond acceptors (Lipinski definition) is 2. The van der Waals surface area contributed by atoms with Gasteiger partial charge in [0.2, 0.25) is 0 Å². The van der Waals surface area contributed by atoms with E-state index in [1.807, 2.05) is 18.2 Å². The second-order valence-corrected chi connectivity index (χ2v) is 6.92. The van der Waals surface area contributed by atoms with Crippen LogP contribution in [0.1, 0.15) is 38.1 Å². The van der Waals surface area contributed by atoms with E-state index in [0.29, 0.717) is 6.04 Å². The normalized spacial score (nSPS) is 17.2. The van der Waals surface area contributed by atoms with Gasteiger partial charge < -0.3 is 0 Å². The number of hydrogen-bond donors (Lipinski definition) is 0. The Labute approximate surface area is 112 Å². The van der Waals surface area contributed by atoms with Crippen LogP contribution in [-0.2, 0) is 0 Å². The summed E-state index contributed by atoms with van der Waals surface area (Å²) in [6.45, 7) is 0. The van der Waals surface area contributed by atoms with Crippen LogP contribution in [0.5, 0.6) is 5.75 Å². The fourth-order valence-electron chi connectivity index (χ4n) is 2.75. The number of methoxy groups -OCH3 is 1. The molecule has 0 radical (unpaired) electrons. The van der Waals surface area contributed by atoms with E-state index in [4.69, 9.17) is 4.74 Å². The minimum atomic E-state index is 0.0982. The Hall–Kier alpha value is -0.991. The Morgan fingerprint density at radius 3 is 2.78 bits per heavy atom. The summed E-state index contributed by atoms with van der Waals surface area (Å²) < 4.78 is 8.62. The van der Waals surface area contributed by atoms with Crippen LogP contribution in [0.4, 0.5) is 0 Å². The first kappa shape index (κ1) is 12.1. The summed E-state index contributed by atoms with van der Waals surface area (Å²) in [6.07, 6.45) is 6.19. The number of aromatic nitrogens is 1. The Kier molecular flexibility index (Phi) is 3.31. The second-order valence-electron chi connectivity index (χ2n) is 4.85. The first-order valence-electron chi connectivity index (χ1n) is 6.50. The van der Waals surface area contributed by atoms with Crippen LogP contribution >= 0.6 is 0 Å². The van der Waals surface area contributed by atoms with Crippen LogP contribution in [0.3, 0.4) is 0 Å². The molecule has 1 aromatic carbocycles. The summed E-state index contributed by atoms with van der Waals surface area (Å²) in [5, 5.41) is 0.861. The number of fused-ring (bicyclic) bond motifs is 1. The quantitative estimate of drug-likeness (QED) is 0.798. The van der Waals surface area contributed by atoms with Crippen molar-refractivity contribution in [2.75, 3.05) is 7.11 Å². The summed E-state index contributed by atoms with van der Waals surface area (Å²) >= 11 is 0.0982. The summed E-state index contributed by atoms with van der Waals surface area (Å²) in [5.41, 5.74) is 0.218. The van der Waals surface area contributed by atoms with Crippen LogP contribution in [0.25, 0.3) is 9.65 Å². The van der Waals surface area contributed by atoms with Gasteiger partial charge in [0.1, 0.15) is 0 Å². The molecule has 2 aromatic rings. The first-order valence-corrected chi connectivity index (χ1v) is 8.12. The molecule has 0 aliphatic heterocycles. The fourth-order valence-corrected chi connectivity index (χ4v) is 5.34. The number of nitrogens with zero attached hydrogens (tertiary/aromatic N) is 1. The van der Waals surface area contributed by atoms with E-state index in [2.05, 4.69) is 3.56 Å². The van der Waals surface area contributed by atoms with Gasteiger partial charge >= 0.3 is 112 Å². The average Bonchev–Trinajstić information content (AvgIpc) is 2.77. The van der Waals surface area contributed by atoms with Crippen molar-refractivity contribution in [1.82, 2.24) is 3.56 Å². The molecular weight excluding hydrogens is 293 g/mol. The van der Waals surface area contributed by atoms with Gasteiger partial charge in [0.05, 0.1) is 0 Å². The molecule has 0 amide bonds. The molecule has 18 heavy (non-hydrogen) atoms. The molecule has 0 unspecified atom stereocenters. The van der Waals surface area contributed by atoms with Crippen LogP contribution in [0, 0.1) is 0 Å². The molecule has 0 N–H and O–H groups in total. The van der Waals surface area contributed by atoms with Crippen LogP contribution in [0.15, 0.2) is 23.0 Å². The van der Waals surface area contributed by atoms with Gasteiger partial charge in [-0.3, -0.25) is 0 Å². The summed E-state index contributed by atoms with van der Waals surface area (Å²) in [6, 6.07) is 6.27. The zero-order chi connectivity index (χ0) is 12.5. The van der Waals surface area contributed by atoms with Gasteiger partial charge in [-0.05, 0) is 0 Å². The third-order valence-electron chi connectivity index (χ3n) is 3.73. The van der Waals surface area contributed by atoms with Gasteiger partial charge in [-0.25, -0.2) is 0 Å². The Morgan fingerprint density at radius 1 is 1.28 bits per heavy atom. The van der Waals surface area contributed by atoms with Crippen molar-refractivity contribution < 1.29 is 4.74 Å². The molecule has 0 bridgehead atoms. The molecule has 0 saturated heterocycles. The van der Waals surface area contributed by atoms with Crippen LogP contribution in [0.2, 0.25) is 0 Å². The van der Waals surface area contributed by atoms with Crippen molar-refractivity contribution in [3.8, 4) is 5.75 Å². The number of benzene rings is 1. The summed E-state index contributed by atoms with van der Waals surface area (Å²) in [4.78, 5) is 12.5. The molecular formula is C14H17NO2Se. The van der Waals surface area contributed by atoms with E-state index < -0.39 is 0 Å². The molecule has 0 atom stereocenters. The predicted octanol–water partition coefficient (Wildman–Crippen LogP) is 2.57. The molecule has 1 heterocycles. The van der Waals surface area contributed by atoms with E-state index in [9.17, 15) is 4.79 Å². The third kappa shape index (κ3) is 1.94. The molecule has 1 fully saturated rings. The maximum atomic E-state index is 12.5. The van der Waals surface area contributed by atoms with Gasteiger partial charge in [-0.1, -0.05) is 0 Å². The van der Waals surface area contributed by atoms with Crippen LogP contribution < -0.4 is 10.3 Å². The molecule has 1 aliphatic rings. The molecule has 3 rings (SSSR count). The number of rotatable bonds is 2. The van der Waals surface area contributed by atoms with E-state index in [0.717, 1.165) is 15.4 Å². The summed E-state index contributed by atoms with van der Waals surface area (Å²) in [5.74, 6) is 0.874. The first-order chi connectivity index (χ1) is 8.81. The van der Waals surface area contributed by atoms with Crippen LogP contribution in [-0.4, -0.2) is 25.4 Å². The Morgan fingerprint density at radius 2 is 2.06 bits per heavy atom. The fraction of sp³-hybridized carbons (Fsp3) is 0.500. The van der Waals surface area contributed by atoms with Crippen molar-refractivity contribution in [1.29, 1.82) is 0 Å². The van der Waals surface area contributed by atoms with Crippen molar-refractivity contribution >= 4 is 24.4 Å². The molecule has 1 aliphatic carbocycles. The van der Waals surface area contributed by atoms with Gasteiger partial charge in [0, 0.05) is 0 Å². The second kappa shape index (κ2) is 4.94. The molecule has 4 heteroatoms. The van der Waals surface area contributed by atoms with E-state index in [1.54, 1.807) is 7.11 Å². The molecule has 3 nitrogen and oxygen atoms in total. The molecule has 1 saturated carbocycles. The molecule has 0 spiro atoms. The molecule has 96 valence electrons.